The van der Waals surface area contributed by atoms with E-state index in [9.17, 15) is 0 Å². The van der Waals surface area contributed by atoms with Crippen LogP contribution in [-0.4, -0.2) is 36.6 Å². The Labute approximate surface area is 114 Å². The molecule has 2 nitrogen and oxygen atoms in total. The van der Waals surface area contributed by atoms with Gasteiger partial charge in [-0.25, -0.2) is 0 Å². The summed E-state index contributed by atoms with van der Waals surface area (Å²) in [6, 6.07) is 1.78. The van der Waals surface area contributed by atoms with Crippen molar-refractivity contribution in [2.24, 2.45) is 5.92 Å². The summed E-state index contributed by atoms with van der Waals surface area (Å²) in [6.45, 7) is 8.57. The Bertz CT molecular complexity index is 217. The molecule has 0 aromatic carbocycles. The summed E-state index contributed by atoms with van der Waals surface area (Å²) in [7, 11) is 0. The molecule has 2 atom stereocenters. The fourth-order valence-corrected chi connectivity index (χ4v) is 3.04. The van der Waals surface area contributed by atoms with Crippen molar-refractivity contribution in [3.8, 4) is 0 Å². The van der Waals surface area contributed by atoms with Gasteiger partial charge in [0.05, 0.1) is 0 Å². The smallest absolute Gasteiger partial charge is 0.0136 e. The van der Waals surface area contributed by atoms with Crippen molar-refractivity contribution in [2.45, 2.75) is 77.3 Å². The quantitative estimate of drug-likeness (QED) is 0.641. The van der Waals surface area contributed by atoms with Crippen molar-refractivity contribution < 1.29 is 0 Å². The lowest BCUT2D eigenvalue weighted by Crippen LogP contribution is -2.51. The van der Waals surface area contributed by atoms with Gasteiger partial charge < -0.3 is 10.2 Å². The zero-order valence-electron chi connectivity index (χ0n) is 12.5. The Morgan fingerprint density at radius 1 is 0.944 bits per heavy atom. The molecule has 2 aliphatic rings. The molecular weight excluding hydrogens is 220 g/mol. The summed E-state index contributed by atoms with van der Waals surface area (Å²) < 4.78 is 0. The van der Waals surface area contributed by atoms with Gasteiger partial charge in [-0.15, -0.1) is 0 Å². The van der Waals surface area contributed by atoms with E-state index >= 15 is 0 Å². The van der Waals surface area contributed by atoms with E-state index in [4.69, 9.17) is 0 Å². The molecule has 2 fully saturated rings. The van der Waals surface area contributed by atoms with E-state index in [-0.39, 0.29) is 0 Å². The Hall–Kier alpha value is -0.0800. The lowest BCUT2D eigenvalue weighted by Gasteiger charge is -2.45. The molecule has 0 radical (unpaired) electrons. The first-order chi connectivity index (χ1) is 8.85. The molecule has 0 amide bonds. The fourth-order valence-electron chi connectivity index (χ4n) is 3.04. The Balaban J connectivity index is 1.72. The summed E-state index contributed by atoms with van der Waals surface area (Å²) in [4.78, 5) is 2.80. The van der Waals surface area contributed by atoms with Gasteiger partial charge in [-0.3, -0.25) is 0 Å². The van der Waals surface area contributed by atoms with E-state index in [1.54, 1.807) is 0 Å². The van der Waals surface area contributed by atoms with E-state index in [0.29, 0.717) is 0 Å². The second-order valence-electron chi connectivity index (χ2n) is 6.33. The minimum Gasteiger partial charge on any atom is -0.314 e. The summed E-state index contributed by atoms with van der Waals surface area (Å²) in [6.07, 6.45) is 11.2. The zero-order valence-corrected chi connectivity index (χ0v) is 12.5. The van der Waals surface area contributed by atoms with Crippen molar-refractivity contribution in [1.29, 1.82) is 0 Å². The van der Waals surface area contributed by atoms with Gasteiger partial charge in [0.1, 0.15) is 0 Å². The van der Waals surface area contributed by atoms with Crippen molar-refractivity contribution in [1.82, 2.24) is 10.2 Å². The van der Waals surface area contributed by atoms with E-state index in [0.717, 1.165) is 18.0 Å². The summed E-state index contributed by atoms with van der Waals surface area (Å²) in [5, 5.41) is 3.73. The van der Waals surface area contributed by atoms with Crippen LogP contribution < -0.4 is 5.32 Å². The average molecular weight is 252 g/mol. The molecule has 0 bridgehead atoms. The highest BCUT2D eigenvalue weighted by molar-refractivity contribution is 4.92. The molecule has 0 saturated heterocycles. The van der Waals surface area contributed by atoms with Gasteiger partial charge in [0.15, 0.2) is 0 Å². The topological polar surface area (TPSA) is 15.3 Å². The first-order valence-electron chi connectivity index (χ1n) is 8.32. The maximum Gasteiger partial charge on any atom is 0.0136 e. The van der Waals surface area contributed by atoms with Crippen LogP contribution >= 0.6 is 0 Å². The highest BCUT2D eigenvalue weighted by Gasteiger charge is 2.35. The van der Waals surface area contributed by atoms with Gasteiger partial charge in [0.25, 0.3) is 0 Å². The van der Waals surface area contributed by atoms with Gasteiger partial charge in [-0.05, 0) is 64.1 Å². The third-order valence-electron chi connectivity index (χ3n) is 4.69. The van der Waals surface area contributed by atoms with Gasteiger partial charge in [0, 0.05) is 12.1 Å². The van der Waals surface area contributed by atoms with Crippen LogP contribution in [-0.2, 0) is 0 Å². The molecule has 18 heavy (non-hydrogen) atoms. The number of unbranched alkanes of at least 4 members (excludes halogenated alkanes) is 2. The fraction of sp³-hybridized carbons (Fsp3) is 1.00. The second-order valence-corrected chi connectivity index (χ2v) is 6.33. The van der Waals surface area contributed by atoms with Crippen LogP contribution in [0.1, 0.15) is 65.2 Å². The number of nitrogens with one attached hydrogen (secondary N) is 1. The van der Waals surface area contributed by atoms with Crippen molar-refractivity contribution in [2.75, 3.05) is 19.6 Å². The molecule has 2 heteroatoms. The lowest BCUT2D eigenvalue weighted by atomic mass is 9.78. The van der Waals surface area contributed by atoms with Crippen molar-refractivity contribution in [3.63, 3.8) is 0 Å². The number of hydrogen-bond acceptors (Lipinski definition) is 2. The standard InChI is InChI=1S/C16H32N2/c1-3-5-11-18(12-6-4-2)16-10-7-14(16)13-17-15-8-9-15/h14-17H,3-13H2,1-2H3. The van der Waals surface area contributed by atoms with Crippen LogP contribution in [0.3, 0.4) is 0 Å². The Kier molecular flexibility index (Phi) is 5.97. The molecule has 1 N–H and O–H groups in total. The molecule has 0 heterocycles. The lowest BCUT2D eigenvalue weighted by molar-refractivity contribution is 0.0590. The average Bonchev–Trinajstić information content (AvgIpc) is 3.15. The molecule has 0 aromatic rings. The van der Waals surface area contributed by atoms with E-state index in [1.807, 2.05) is 0 Å². The van der Waals surface area contributed by atoms with Gasteiger partial charge in [-0.2, -0.15) is 0 Å². The highest BCUT2D eigenvalue weighted by atomic mass is 15.2. The SMILES string of the molecule is CCCCN(CCCC)C1CCC1CNC1CC1. The van der Waals surface area contributed by atoms with Crippen LogP contribution in [0.15, 0.2) is 0 Å². The van der Waals surface area contributed by atoms with Crippen LogP contribution in [0.25, 0.3) is 0 Å². The molecule has 0 spiro atoms. The largest absolute Gasteiger partial charge is 0.314 e. The number of rotatable bonds is 10. The van der Waals surface area contributed by atoms with Crippen molar-refractivity contribution >= 4 is 0 Å². The molecule has 2 unspecified atom stereocenters. The molecule has 0 aliphatic heterocycles. The zero-order chi connectivity index (χ0) is 12.8. The summed E-state index contributed by atoms with van der Waals surface area (Å²) in [5.41, 5.74) is 0. The molecule has 2 rings (SSSR count). The first kappa shape index (κ1) is 14.3. The van der Waals surface area contributed by atoms with E-state index < -0.39 is 0 Å². The van der Waals surface area contributed by atoms with Gasteiger partial charge in [-0.1, -0.05) is 26.7 Å². The minimum atomic E-state index is 0.881. The molecule has 2 saturated carbocycles. The maximum absolute atomic E-state index is 3.73. The molecule has 2 aliphatic carbocycles. The van der Waals surface area contributed by atoms with Crippen LogP contribution in [0, 0.1) is 5.92 Å². The van der Waals surface area contributed by atoms with Crippen molar-refractivity contribution in [3.05, 3.63) is 0 Å². The van der Waals surface area contributed by atoms with E-state index in [1.165, 1.54) is 71.0 Å². The molecule has 106 valence electrons. The Morgan fingerprint density at radius 3 is 2.06 bits per heavy atom. The molecular formula is C16H32N2. The predicted molar refractivity (Wildman–Crippen MR) is 78.9 cm³/mol. The minimum absolute atomic E-state index is 0.881. The predicted octanol–water partition coefficient (Wildman–Crippen LogP) is 3.42. The summed E-state index contributed by atoms with van der Waals surface area (Å²) >= 11 is 0. The summed E-state index contributed by atoms with van der Waals surface area (Å²) in [5.74, 6) is 0.944. The van der Waals surface area contributed by atoms with Crippen LogP contribution in [0.2, 0.25) is 0 Å². The van der Waals surface area contributed by atoms with Gasteiger partial charge >= 0.3 is 0 Å². The van der Waals surface area contributed by atoms with E-state index in [2.05, 4.69) is 24.1 Å². The third-order valence-corrected chi connectivity index (χ3v) is 4.69. The Morgan fingerprint density at radius 2 is 1.61 bits per heavy atom. The van der Waals surface area contributed by atoms with Crippen LogP contribution in [0.4, 0.5) is 0 Å². The third kappa shape index (κ3) is 4.24. The first-order valence-corrected chi connectivity index (χ1v) is 8.32. The normalized spacial score (nSPS) is 27.5. The van der Waals surface area contributed by atoms with Gasteiger partial charge in [0.2, 0.25) is 0 Å². The molecule has 0 aromatic heterocycles. The monoisotopic (exact) mass is 252 g/mol. The van der Waals surface area contributed by atoms with Crippen LogP contribution in [0.5, 0.6) is 0 Å². The number of nitrogens with zero attached hydrogens (tertiary/aromatic N) is 1. The highest BCUT2D eigenvalue weighted by Crippen LogP contribution is 2.33. The number of hydrogen-bond donors (Lipinski definition) is 1. The maximum atomic E-state index is 3.73. The second kappa shape index (κ2) is 7.49.